The topological polar surface area (TPSA) is 30.9 Å². The average Bonchev–Trinajstić information content (AvgIpc) is 3.08. The third kappa shape index (κ3) is 4.18. The minimum absolute atomic E-state index is 0.183. The van der Waals surface area contributed by atoms with Gasteiger partial charge in [-0.3, -0.25) is 9.29 Å². The summed E-state index contributed by atoms with van der Waals surface area (Å²) < 4.78 is 30.5. The minimum atomic E-state index is -0.346. The van der Waals surface area contributed by atoms with Crippen LogP contribution in [0.15, 0.2) is 24.3 Å². The molecule has 2 aliphatic heterocycles. The molecule has 0 amide bonds. The highest BCUT2D eigenvalue weighted by Gasteiger charge is 2.51. The molecule has 138 valence electrons. The second-order valence-corrected chi connectivity index (χ2v) is 8.03. The third-order valence-corrected chi connectivity index (χ3v) is 5.55. The maximum atomic E-state index is 12.3. The molecule has 3 rings (SSSR count). The fourth-order valence-corrected chi connectivity index (χ4v) is 3.25. The number of benzene rings is 1. The molecule has 0 spiro atoms. The van der Waals surface area contributed by atoms with Crippen LogP contribution in [-0.4, -0.2) is 55.6 Å². The predicted octanol–water partition coefficient (Wildman–Crippen LogP) is 2.80. The average molecular weight is 349 g/mol. The van der Waals surface area contributed by atoms with Gasteiger partial charge >= 0.3 is 7.12 Å². The van der Waals surface area contributed by atoms with Crippen LogP contribution in [0.3, 0.4) is 0 Å². The summed E-state index contributed by atoms with van der Waals surface area (Å²) in [5.74, 6) is 0.859. The van der Waals surface area contributed by atoms with Crippen LogP contribution in [0.5, 0.6) is 5.75 Å². The van der Waals surface area contributed by atoms with Crippen molar-refractivity contribution in [3.05, 3.63) is 24.3 Å². The zero-order chi connectivity index (χ0) is 18.1. The van der Waals surface area contributed by atoms with Crippen LogP contribution in [0, 0.1) is 0 Å². The number of hydrogen-bond donors (Lipinski definition) is 0. The lowest BCUT2D eigenvalue weighted by atomic mass is 9.79. The van der Waals surface area contributed by atoms with Crippen molar-refractivity contribution in [3.8, 4) is 5.75 Å². The highest BCUT2D eigenvalue weighted by molar-refractivity contribution is 6.62. The molecule has 6 heteroatoms. The number of halogens is 1. The molecule has 25 heavy (non-hydrogen) atoms. The van der Waals surface area contributed by atoms with E-state index in [2.05, 4.69) is 32.6 Å². The van der Waals surface area contributed by atoms with Crippen molar-refractivity contribution in [1.29, 1.82) is 0 Å². The van der Waals surface area contributed by atoms with Gasteiger partial charge in [-0.05, 0) is 58.1 Å². The van der Waals surface area contributed by atoms with Crippen LogP contribution >= 0.6 is 0 Å². The number of alkyl halides is 1. The van der Waals surface area contributed by atoms with Gasteiger partial charge in [-0.25, -0.2) is 0 Å². The van der Waals surface area contributed by atoms with Crippen molar-refractivity contribution < 1.29 is 18.4 Å². The summed E-state index contributed by atoms with van der Waals surface area (Å²) in [6.07, 6.45) is 1.78. The molecule has 1 aromatic rings. The zero-order valence-electron chi connectivity index (χ0n) is 15.8. The summed E-state index contributed by atoms with van der Waals surface area (Å²) in [4.78, 5) is 2.27. The van der Waals surface area contributed by atoms with Gasteiger partial charge in [0.25, 0.3) is 0 Å². The number of hydrogen-bond acceptors (Lipinski definition) is 4. The van der Waals surface area contributed by atoms with Crippen LogP contribution in [-0.2, 0) is 9.31 Å². The molecule has 0 N–H and O–H groups in total. The largest absolute Gasteiger partial charge is 0.494 e. The van der Waals surface area contributed by atoms with E-state index >= 15 is 0 Å². The second kappa shape index (κ2) is 7.26. The molecule has 0 saturated carbocycles. The maximum Gasteiger partial charge on any atom is 0.494 e. The molecule has 1 aromatic carbocycles. The first kappa shape index (κ1) is 18.7. The molecule has 0 aromatic heterocycles. The van der Waals surface area contributed by atoms with Crippen molar-refractivity contribution in [2.45, 2.75) is 57.8 Å². The summed E-state index contributed by atoms with van der Waals surface area (Å²) in [5, 5.41) is 0. The Balaban J connectivity index is 1.55. The van der Waals surface area contributed by atoms with Gasteiger partial charge in [0.1, 0.15) is 11.9 Å². The lowest BCUT2D eigenvalue weighted by Gasteiger charge is -2.32. The maximum absolute atomic E-state index is 12.3. The molecule has 0 radical (unpaired) electrons. The van der Waals surface area contributed by atoms with E-state index in [0.29, 0.717) is 6.42 Å². The van der Waals surface area contributed by atoms with E-state index < -0.39 is 0 Å². The summed E-state index contributed by atoms with van der Waals surface area (Å²) in [7, 11) is -0.346. The van der Waals surface area contributed by atoms with E-state index in [4.69, 9.17) is 14.0 Å². The molecule has 2 heterocycles. The van der Waals surface area contributed by atoms with Crippen molar-refractivity contribution >= 4 is 12.6 Å². The van der Waals surface area contributed by atoms with E-state index in [-0.39, 0.29) is 31.1 Å². The molecule has 0 bridgehead atoms. The molecule has 2 saturated heterocycles. The smallest absolute Gasteiger partial charge is 0.489 e. The highest BCUT2D eigenvalue weighted by atomic mass is 19.1. The lowest BCUT2D eigenvalue weighted by molar-refractivity contribution is 0.00578. The molecular weight excluding hydrogens is 320 g/mol. The van der Waals surface area contributed by atoms with Gasteiger partial charge in [0.15, 0.2) is 0 Å². The van der Waals surface area contributed by atoms with Crippen LogP contribution in [0.2, 0.25) is 0 Å². The standard InChI is InChI=1S/C19H29BFNO3/c1-18(2)19(3,4)25-20(24-18)15-6-8-16(9-7-15)23-17-10-13-22(14-17)12-5-11-21/h6-9,17H,5,10-14H2,1-4H3/t17-/m1/s1. The number of nitrogens with zero attached hydrogens (tertiary/aromatic N) is 1. The van der Waals surface area contributed by atoms with Crippen LogP contribution in [0.1, 0.15) is 40.5 Å². The zero-order valence-corrected chi connectivity index (χ0v) is 15.8. The first-order chi connectivity index (χ1) is 11.8. The van der Waals surface area contributed by atoms with Crippen molar-refractivity contribution in [3.63, 3.8) is 0 Å². The van der Waals surface area contributed by atoms with E-state index in [9.17, 15) is 4.39 Å². The quantitative estimate of drug-likeness (QED) is 0.739. The first-order valence-electron chi connectivity index (χ1n) is 9.21. The summed E-state index contributed by atoms with van der Waals surface area (Å²) in [6, 6.07) is 7.97. The Kier molecular flexibility index (Phi) is 5.42. The monoisotopic (exact) mass is 349 g/mol. The summed E-state index contributed by atoms with van der Waals surface area (Å²) in [5.41, 5.74) is 0.335. The molecule has 0 aliphatic carbocycles. The number of ether oxygens (including phenoxy) is 1. The second-order valence-electron chi connectivity index (χ2n) is 8.03. The van der Waals surface area contributed by atoms with Crippen LogP contribution < -0.4 is 10.2 Å². The van der Waals surface area contributed by atoms with E-state index in [1.165, 1.54) is 0 Å². The van der Waals surface area contributed by atoms with E-state index in [1.54, 1.807) is 0 Å². The molecular formula is C19H29BFNO3. The Morgan fingerprint density at radius 2 is 1.80 bits per heavy atom. The van der Waals surface area contributed by atoms with E-state index in [1.807, 2.05) is 24.3 Å². The highest BCUT2D eigenvalue weighted by Crippen LogP contribution is 2.36. The SMILES string of the molecule is CC1(C)OB(c2ccc(O[C@@H]3CCN(CCCF)C3)cc2)OC1(C)C. The number of rotatable bonds is 6. The molecule has 2 fully saturated rings. The van der Waals surface area contributed by atoms with Gasteiger partial charge in [-0.1, -0.05) is 12.1 Å². The Hall–Kier alpha value is -1.11. The fourth-order valence-electron chi connectivity index (χ4n) is 3.25. The summed E-state index contributed by atoms with van der Waals surface area (Å²) in [6.45, 7) is 10.6. The van der Waals surface area contributed by atoms with E-state index in [0.717, 1.165) is 37.3 Å². The molecule has 1 atom stereocenters. The predicted molar refractivity (Wildman–Crippen MR) is 98.2 cm³/mol. The van der Waals surface area contributed by atoms with Gasteiger partial charge in [-0.2, -0.15) is 0 Å². The minimum Gasteiger partial charge on any atom is -0.489 e. The van der Waals surface area contributed by atoms with Gasteiger partial charge in [0.05, 0.1) is 17.9 Å². The van der Waals surface area contributed by atoms with Gasteiger partial charge in [0.2, 0.25) is 0 Å². The first-order valence-corrected chi connectivity index (χ1v) is 9.21. The Labute approximate surface area is 150 Å². The van der Waals surface area contributed by atoms with Crippen LogP contribution in [0.4, 0.5) is 4.39 Å². The Morgan fingerprint density at radius 1 is 1.16 bits per heavy atom. The van der Waals surface area contributed by atoms with Crippen molar-refractivity contribution in [2.24, 2.45) is 0 Å². The van der Waals surface area contributed by atoms with Gasteiger partial charge in [-0.15, -0.1) is 0 Å². The molecule has 2 aliphatic rings. The van der Waals surface area contributed by atoms with Crippen molar-refractivity contribution in [1.82, 2.24) is 4.90 Å². The lowest BCUT2D eigenvalue weighted by Crippen LogP contribution is -2.41. The van der Waals surface area contributed by atoms with Gasteiger partial charge in [0, 0.05) is 19.6 Å². The molecule has 0 unspecified atom stereocenters. The Bertz CT molecular complexity index is 563. The fraction of sp³-hybridized carbons (Fsp3) is 0.684. The van der Waals surface area contributed by atoms with Crippen LogP contribution in [0.25, 0.3) is 0 Å². The summed E-state index contributed by atoms with van der Waals surface area (Å²) >= 11 is 0. The number of likely N-dealkylation sites (tertiary alicyclic amines) is 1. The van der Waals surface area contributed by atoms with Gasteiger partial charge < -0.3 is 14.0 Å². The Morgan fingerprint density at radius 3 is 2.40 bits per heavy atom. The molecule has 4 nitrogen and oxygen atoms in total. The normalized spacial score (nSPS) is 25.5. The van der Waals surface area contributed by atoms with Crippen molar-refractivity contribution in [2.75, 3.05) is 26.3 Å². The third-order valence-electron chi connectivity index (χ3n) is 5.55.